The van der Waals surface area contributed by atoms with Crippen LogP contribution in [0.3, 0.4) is 0 Å². The molecule has 1 aliphatic rings. The van der Waals surface area contributed by atoms with Crippen LogP contribution in [0.15, 0.2) is 46.5 Å². The largest absolute Gasteiger partial charge is 0.338 e. The third kappa shape index (κ3) is 3.39. The van der Waals surface area contributed by atoms with Crippen molar-refractivity contribution in [3.63, 3.8) is 0 Å². The molecular weight excluding hydrogens is 348 g/mol. The van der Waals surface area contributed by atoms with E-state index in [2.05, 4.69) is 46.1 Å². The minimum absolute atomic E-state index is 0.142. The number of carbonyl (C=O) groups is 1. The van der Waals surface area contributed by atoms with Gasteiger partial charge in [-0.15, -0.1) is 11.3 Å². The number of fused-ring (bicyclic) bond motifs is 1. The number of benzene rings is 1. The molecule has 1 unspecified atom stereocenters. The Labute approximate surface area is 156 Å². The van der Waals surface area contributed by atoms with Gasteiger partial charge in [0.1, 0.15) is 5.01 Å². The molecule has 2 aromatic heterocycles. The van der Waals surface area contributed by atoms with Gasteiger partial charge >= 0.3 is 0 Å². The molecule has 4 rings (SSSR count). The highest BCUT2D eigenvalue weighted by Crippen LogP contribution is 2.34. The lowest BCUT2D eigenvalue weighted by atomic mass is 9.87. The van der Waals surface area contributed by atoms with Gasteiger partial charge in [0.15, 0.2) is 0 Å². The van der Waals surface area contributed by atoms with Crippen LogP contribution in [0.4, 0.5) is 0 Å². The van der Waals surface area contributed by atoms with E-state index < -0.39 is 0 Å². The van der Waals surface area contributed by atoms with Gasteiger partial charge in [-0.05, 0) is 41.8 Å². The van der Waals surface area contributed by atoms with Gasteiger partial charge in [0.2, 0.25) is 5.91 Å². The summed E-state index contributed by atoms with van der Waals surface area (Å²) in [5.41, 5.74) is 4.70. The molecular formula is C20H20N2OS2. The summed E-state index contributed by atoms with van der Waals surface area (Å²) in [5.74, 6) is 0.142. The van der Waals surface area contributed by atoms with E-state index in [-0.39, 0.29) is 11.9 Å². The van der Waals surface area contributed by atoms with Gasteiger partial charge in [0.25, 0.3) is 0 Å². The first-order valence-corrected chi connectivity index (χ1v) is 10.3. The molecule has 1 atom stereocenters. The Kier molecular flexibility index (Phi) is 4.68. The Hall–Kier alpha value is -1.98. The molecule has 3 nitrogen and oxygen atoms in total. The number of thiazole rings is 1. The highest BCUT2D eigenvalue weighted by Gasteiger charge is 2.26. The smallest absolute Gasteiger partial charge is 0.228 e. The number of hydrogen-bond acceptors (Lipinski definition) is 4. The van der Waals surface area contributed by atoms with E-state index in [0.717, 1.165) is 35.5 Å². The number of aryl methyl sites for hydroxylation is 1. The Morgan fingerprint density at radius 3 is 3.00 bits per heavy atom. The van der Waals surface area contributed by atoms with Crippen molar-refractivity contribution in [2.24, 2.45) is 0 Å². The zero-order chi connectivity index (χ0) is 17.2. The van der Waals surface area contributed by atoms with Gasteiger partial charge in [0.05, 0.1) is 18.2 Å². The summed E-state index contributed by atoms with van der Waals surface area (Å²) in [4.78, 5) is 19.4. The van der Waals surface area contributed by atoms with Crippen LogP contribution in [-0.4, -0.2) is 22.8 Å². The first-order chi connectivity index (χ1) is 12.2. The fourth-order valence-corrected chi connectivity index (χ4v) is 5.02. The Balaban J connectivity index is 1.48. The second-order valence-corrected chi connectivity index (χ2v) is 8.08. The Morgan fingerprint density at radius 2 is 2.16 bits per heavy atom. The van der Waals surface area contributed by atoms with Crippen LogP contribution in [-0.2, 0) is 17.6 Å². The summed E-state index contributed by atoms with van der Waals surface area (Å²) in [6.07, 6.45) is 3.66. The maximum Gasteiger partial charge on any atom is 0.228 e. The fourth-order valence-electron chi connectivity index (χ4n) is 3.49. The minimum Gasteiger partial charge on any atom is -0.338 e. The van der Waals surface area contributed by atoms with Gasteiger partial charge < -0.3 is 4.90 Å². The van der Waals surface area contributed by atoms with Crippen LogP contribution in [0, 0.1) is 0 Å². The summed E-state index contributed by atoms with van der Waals surface area (Å²) in [7, 11) is 1.93. The zero-order valence-electron chi connectivity index (χ0n) is 14.1. The number of aromatic nitrogens is 1. The second kappa shape index (κ2) is 7.10. The zero-order valence-corrected chi connectivity index (χ0v) is 15.8. The van der Waals surface area contributed by atoms with Crippen molar-refractivity contribution < 1.29 is 4.79 Å². The van der Waals surface area contributed by atoms with Gasteiger partial charge in [0, 0.05) is 23.4 Å². The number of carbonyl (C=O) groups excluding carboxylic acids is 1. The lowest BCUT2D eigenvalue weighted by Crippen LogP contribution is -2.34. The Morgan fingerprint density at radius 1 is 1.28 bits per heavy atom. The standard InChI is InChI=1S/C20H20N2OS2/c1-22(18-8-4-6-14-5-2-3-7-17(14)18)19(23)11-16-13-25-20(21-16)15-9-10-24-12-15/h2-3,5,7,9-10,12-13,18H,4,6,8,11H2,1H3. The number of hydrogen-bond donors (Lipinski definition) is 0. The molecule has 25 heavy (non-hydrogen) atoms. The number of nitrogens with zero attached hydrogens (tertiary/aromatic N) is 2. The highest BCUT2D eigenvalue weighted by atomic mass is 32.1. The van der Waals surface area contributed by atoms with E-state index in [1.54, 1.807) is 22.7 Å². The molecule has 3 aromatic rings. The van der Waals surface area contributed by atoms with Crippen molar-refractivity contribution >= 4 is 28.6 Å². The molecule has 0 N–H and O–H groups in total. The maximum absolute atomic E-state index is 12.8. The third-order valence-corrected chi connectivity index (χ3v) is 6.47. The molecule has 0 aliphatic heterocycles. The molecule has 0 saturated heterocycles. The molecule has 1 aromatic carbocycles. The molecule has 2 heterocycles. The number of likely N-dealkylation sites (N-methyl/N-ethyl adjacent to an activating group) is 1. The summed E-state index contributed by atoms with van der Waals surface area (Å²) in [6, 6.07) is 10.8. The van der Waals surface area contributed by atoms with Crippen molar-refractivity contribution in [2.45, 2.75) is 31.7 Å². The predicted octanol–water partition coefficient (Wildman–Crippen LogP) is 4.95. The highest BCUT2D eigenvalue weighted by molar-refractivity contribution is 7.14. The van der Waals surface area contributed by atoms with Crippen molar-refractivity contribution in [3.8, 4) is 10.6 Å². The normalized spacial score (nSPS) is 16.4. The van der Waals surface area contributed by atoms with Gasteiger partial charge in [-0.2, -0.15) is 11.3 Å². The van der Waals surface area contributed by atoms with Crippen LogP contribution >= 0.6 is 22.7 Å². The molecule has 0 saturated carbocycles. The molecule has 5 heteroatoms. The molecule has 0 fully saturated rings. The first-order valence-electron chi connectivity index (χ1n) is 8.53. The van der Waals surface area contributed by atoms with E-state index in [1.807, 2.05) is 17.3 Å². The van der Waals surface area contributed by atoms with E-state index in [1.165, 1.54) is 11.1 Å². The second-order valence-electron chi connectivity index (χ2n) is 6.44. The number of thiophene rings is 1. The molecule has 128 valence electrons. The average Bonchev–Trinajstić information content (AvgIpc) is 3.32. The Bertz CT molecular complexity index is 869. The van der Waals surface area contributed by atoms with Gasteiger partial charge in [-0.25, -0.2) is 4.98 Å². The summed E-state index contributed by atoms with van der Waals surface area (Å²) < 4.78 is 0. The number of amides is 1. The molecule has 0 spiro atoms. The molecule has 1 aliphatic carbocycles. The molecule has 0 radical (unpaired) electrons. The first kappa shape index (κ1) is 16.5. The van der Waals surface area contributed by atoms with Crippen LogP contribution in [0.2, 0.25) is 0 Å². The monoisotopic (exact) mass is 368 g/mol. The minimum atomic E-state index is 0.142. The van der Waals surface area contributed by atoms with Gasteiger partial charge in [-0.1, -0.05) is 24.3 Å². The van der Waals surface area contributed by atoms with Crippen LogP contribution in [0.5, 0.6) is 0 Å². The van der Waals surface area contributed by atoms with Crippen LogP contribution in [0.25, 0.3) is 10.6 Å². The number of rotatable bonds is 4. The summed E-state index contributed by atoms with van der Waals surface area (Å²) in [6.45, 7) is 0. The lowest BCUT2D eigenvalue weighted by Gasteiger charge is -2.33. The topological polar surface area (TPSA) is 33.2 Å². The quantitative estimate of drug-likeness (QED) is 0.653. The van der Waals surface area contributed by atoms with E-state index in [0.29, 0.717) is 6.42 Å². The van der Waals surface area contributed by atoms with Crippen molar-refractivity contribution in [2.75, 3.05) is 7.05 Å². The van der Waals surface area contributed by atoms with E-state index in [9.17, 15) is 4.79 Å². The predicted molar refractivity (Wildman–Crippen MR) is 104 cm³/mol. The molecule has 0 bridgehead atoms. The third-order valence-electron chi connectivity index (χ3n) is 4.85. The fraction of sp³-hybridized carbons (Fsp3) is 0.300. The van der Waals surface area contributed by atoms with E-state index >= 15 is 0 Å². The van der Waals surface area contributed by atoms with Crippen LogP contribution in [0.1, 0.15) is 35.7 Å². The van der Waals surface area contributed by atoms with Crippen molar-refractivity contribution in [3.05, 3.63) is 63.3 Å². The van der Waals surface area contributed by atoms with Crippen molar-refractivity contribution in [1.29, 1.82) is 0 Å². The van der Waals surface area contributed by atoms with Gasteiger partial charge in [-0.3, -0.25) is 4.79 Å². The average molecular weight is 369 g/mol. The molecule has 1 amide bonds. The SMILES string of the molecule is CN(C(=O)Cc1csc(-c2ccsc2)n1)C1CCCc2ccccc21. The van der Waals surface area contributed by atoms with Crippen molar-refractivity contribution in [1.82, 2.24) is 9.88 Å². The summed E-state index contributed by atoms with van der Waals surface area (Å²) in [5, 5.41) is 7.15. The maximum atomic E-state index is 12.8. The van der Waals surface area contributed by atoms with E-state index in [4.69, 9.17) is 0 Å². The summed E-state index contributed by atoms with van der Waals surface area (Å²) >= 11 is 3.28. The lowest BCUT2D eigenvalue weighted by molar-refractivity contribution is -0.131. The van der Waals surface area contributed by atoms with Crippen LogP contribution < -0.4 is 0 Å².